The zero-order chi connectivity index (χ0) is 15.6. The Kier molecular flexibility index (Phi) is 4.75. The number of alkyl halides is 2. The highest BCUT2D eigenvalue weighted by molar-refractivity contribution is 5.02. The molecule has 1 aromatic rings. The third-order valence-electron chi connectivity index (χ3n) is 4.43. The molecule has 1 N–H and O–H groups in total. The lowest BCUT2D eigenvalue weighted by atomic mass is 9.89. The largest absolute Gasteiger partial charge is 0.443 e. The Morgan fingerprint density at radius 2 is 2.23 bits per heavy atom. The van der Waals surface area contributed by atoms with E-state index in [0.717, 1.165) is 38.1 Å². The van der Waals surface area contributed by atoms with Crippen molar-refractivity contribution in [3.05, 3.63) is 17.8 Å². The summed E-state index contributed by atoms with van der Waals surface area (Å²) in [5, 5.41) is 3.29. The number of nitrogens with one attached hydrogen (secondary N) is 1. The molecule has 1 spiro atoms. The molecule has 0 radical (unpaired) electrons. The van der Waals surface area contributed by atoms with Gasteiger partial charge >= 0.3 is 0 Å². The van der Waals surface area contributed by atoms with Crippen molar-refractivity contribution in [1.82, 2.24) is 15.2 Å². The van der Waals surface area contributed by atoms with Crippen LogP contribution in [-0.2, 0) is 11.2 Å². The van der Waals surface area contributed by atoms with E-state index in [4.69, 9.17) is 9.15 Å². The molecule has 1 atom stereocenters. The summed E-state index contributed by atoms with van der Waals surface area (Å²) in [6, 6.07) is 0. The molecule has 2 saturated heterocycles. The van der Waals surface area contributed by atoms with Gasteiger partial charge in [-0.2, -0.15) is 0 Å². The van der Waals surface area contributed by atoms with E-state index < -0.39 is 6.43 Å². The predicted molar refractivity (Wildman–Crippen MR) is 77.0 cm³/mol. The van der Waals surface area contributed by atoms with E-state index in [-0.39, 0.29) is 18.2 Å². The lowest BCUT2D eigenvalue weighted by Crippen LogP contribution is -2.57. The zero-order valence-corrected chi connectivity index (χ0v) is 12.9. The van der Waals surface area contributed by atoms with Crippen LogP contribution in [0, 0.1) is 0 Å². The van der Waals surface area contributed by atoms with Gasteiger partial charge in [-0.3, -0.25) is 4.90 Å². The van der Waals surface area contributed by atoms with Crippen LogP contribution in [-0.4, -0.2) is 54.6 Å². The Labute approximate surface area is 129 Å². The second kappa shape index (κ2) is 6.60. The molecule has 3 heterocycles. The second-order valence-corrected chi connectivity index (χ2v) is 6.14. The molecule has 22 heavy (non-hydrogen) atoms. The highest BCUT2D eigenvalue weighted by Crippen LogP contribution is 2.36. The number of hydrogen-bond donors (Lipinski definition) is 1. The summed E-state index contributed by atoms with van der Waals surface area (Å²) < 4.78 is 37.6. The Morgan fingerprint density at radius 3 is 2.86 bits per heavy atom. The van der Waals surface area contributed by atoms with Crippen LogP contribution in [0.3, 0.4) is 0 Å². The smallest absolute Gasteiger partial charge is 0.251 e. The predicted octanol–water partition coefficient (Wildman–Crippen LogP) is 2.00. The monoisotopic (exact) mass is 315 g/mol. The molecule has 2 fully saturated rings. The van der Waals surface area contributed by atoms with E-state index in [1.165, 1.54) is 0 Å². The first kappa shape index (κ1) is 15.8. The van der Waals surface area contributed by atoms with Crippen molar-refractivity contribution in [2.24, 2.45) is 0 Å². The zero-order valence-electron chi connectivity index (χ0n) is 12.9. The van der Waals surface area contributed by atoms with Gasteiger partial charge in [-0.25, -0.2) is 13.8 Å². The van der Waals surface area contributed by atoms with Crippen LogP contribution < -0.4 is 5.32 Å². The normalized spacial score (nSPS) is 25.9. The van der Waals surface area contributed by atoms with Gasteiger partial charge in [0.2, 0.25) is 5.89 Å². The minimum atomic E-state index is -2.34. The Balaban J connectivity index is 1.79. The number of rotatable bonds is 4. The number of ether oxygens (including phenoxy) is 1. The van der Waals surface area contributed by atoms with E-state index in [1.807, 2.05) is 6.92 Å². The van der Waals surface area contributed by atoms with Gasteiger partial charge in [-0.1, -0.05) is 6.92 Å². The third-order valence-corrected chi connectivity index (χ3v) is 4.43. The van der Waals surface area contributed by atoms with E-state index in [9.17, 15) is 8.78 Å². The second-order valence-electron chi connectivity index (χ2n) is 6.14. The summed E-state index contributed by atoms with van der Waals surface area (Å²) in [6.45, 7) is 4.42. The number of halogens is 2. The van der Waals surface area contributed by atoms with Crippen LogP contribution in [0.4, 0.5) is 8.78 Å². The van der Waals surface area contributed by atoms with E-state index in [2.05, 4.69) is 10.3 Å². The molecule has 3 rings (SSSR count). The summed E-state index contributed by atoms with van der Waals surface area (Å²) in [5.74, 6) is 1.30. The number of morpholine rings is 1. The Hall–Kier alpha value is -1.05. The average molecular weight is 315 g/mol. The number of hydrogen-bond acceptors (Lipinski definition) is 5. The van der Waals surface area contributed by atoms with Gasteiger partial charge in [0.15, 0.2) is 0 Å². The Bertz CT molecular complexity index is 489. The highest BCUT2D eigenvalue weighted by atomic mass is 19.3. The van der Waals surface area contributed by atoms with Gasteiger partial charge in [0.1, 0.15) is 11.9 Å². The fourth-order valence-corrected chi connectivity index (χ4v) is 3.34. The number of aryl methyl sites for hydroxylation is 1. The summed E-state index contributed by atoms with van der Waals surface area (Å²) in [4.78, 5) is 6.07. The van der Waals surface area contributed by atoms with Gasteiger partial charge in [0.05, 0.1) is 18.3 Å². The minimum Gasteiger partial charge on any atom is -0.443 e. The van der Waals surface area contributed by atoms with Crippen LogP contribution >= 0.6 is 0 Å². The summed E-state index contributed by atoms with van der Waals surface area (Å²) in [5.41, 5.74) is -0.371. The maximum absolute atomic E-state index is 12.8. The molecule has 0 saturated carbocycles. The van der Waals surface area contributed by atoms with E-state index in [0.29, 0.717) is 19.0 Å². The molecule has 0 bridgehead atoms. The van der Waals surface area contributed by atoms with Crippen LogP contribution in [0.5, 0.6) is 0 Å². The molecule has 2 aliphatic heterocycles. The van der Waals surface area contributed by atoms with Crippen molar-refractivity contribution >= 4 is 0 Å². The standard InChI is InChI=1S/C15H23F2N3O2/c1-2-11-7-19-14(21-11)12-8-20(9-13(16)17)10-15(22-12)3-5-18-6-4-15/h7,12-13,18H,2-6,8-10H2,1H3. The molecule has 0 amide bonds. The lowest BCUT2D eigenvalue weighted by Gasteiger charge is -2.47. The van der Waals surface area contributed by atoms with Crippen LogP contribution in [0.15, 0.2) is 10.6 Å². The van der Waals surface area contributed by atoms with Crippen molar-refractivity contribution in [1.29, 1.82) is 0 Å². The Morgan fingerprint density at radius 1 is 1.45 bits per heavy atom. The van der Waals surface area contributed by atoms with Crippen LogP contribution in [0.25, 0.3) is 0 Å². The van der Waals surface area contributed by atoms with Crippen molar-refractivity contribution in [2.75, 3.05) is 32.7 Å². The molecule has 1 unspecified atom stereocenters. The summed E-state index contributed by atoms with van der Waals surface area (Å²) in [7, 11) is 0. The molecule has 124 valence electrons. The van der Waals surface area contributed by atoms with E-state index >= 15 is 0 Å². The first-order chi connectivity index (χ1) is 10.6. The van der Waals surface area contributed by atoms with Crippen LogP contribution in [0.2, 0.25) is 0 Å². The molecular formula is C15H23F2N3O2. The summed E-state index contributed by atoms with van der Waals surface area (Å²) >= 11 is 0. The quantitative estimate of drug-likeness (QED) is 0.921. The minimum absolute atomic E-state index is 0.226. The molecule has 7 heteroatoms. The maximum atomic E-state index is 12.8. The fraction of sp³-hybridized carbons (Fsp3) is 0.800. The van der Waals surface area contributed by atoms with Gasteiger partial charge in [-0.15, -0.1) is 0 Å². The number of oxazole rings is 1. The topological polar surface area (TPSA) is 50.5 Å². The number of piperidine rings is 1. The van der Waals surface area contributed by atoms with Gasteiger partial charge in [0, 0.05) is 19.5 Å². The molecular weight excluding hydrogens is 292 g/mol. The van der Waals surface area contributed by atoms with E-state index in [1.54, 1.807) is 11.1 Å². The average Bonchev–Trinajstić information content (AvgIpc) is 2.96. The number of nitrogens with zero attached hydrogens (tertiary/aromatic N) is 2. The fourth-order valence-electron chi connectivity index (χ4n) is 3.34. The maximum Gasteiger partial charge on any atom is 0.251 e. The SMILES string of the molecule is CCc1cnc(C2CN(CC(F)F)CC3(CCNCC3)O2)o1. The van der Waals surface area contributed by atoms with Gasteiger partial charge in [0.25, 0.3) is 6.43 Å². The first-order valence-corrected chi connectivity index (χ1v) is 7.94. The lowest BCUT2D eigenvalue weighted by molar-refractivity contribution is -0.180. The highest BCUT2D eigenvalue weighted by Gasteiger charge is 2.43. The molecule has 0 aromatic carbocycles. The van der Waals surface area contributed by atoms with Crippen molar-refractivity contribution in [2.45, 2.75) is 44.3 Å². The summed E-state index contributed by atoms with van der Waals surface area (Å²) in [6.07, 6.45) is 1.39. The molecule has 2 aliphatic rings. The van der Waals surface area contributed by atoms with Crippen molar-refractivity contribution in [3.8, 4) is 0 Å². The van der Waals surface area contributed by atoms with Gasteiger partial charge < -0.3 is 14.5 Å². The molecule has 1 aromatic heterocycles. The van der Waals surface area contributed by atoms with Crippen molar-refractivity contribution < 1.29 is 17.9 Å². The van der Waals surface area contributed by atoms with Crippen LogP contribution in [0.1, 0.15) is 37.5 Å². The third kappa shape index (κ3) is 3.47. The van der Waals surface area contributed by atoms with Gasteiger partial charge in [-0.05, 0) is 25.9 Å². The molecule has 5 nitrogen and oxygen atoms in total. The first-order valence-electron chi connectivity index (χ1n) is 7.94. The molecule has 0 aliphatic carbocycles. The number of aromatic nitrogens is 1. The van der Waals surface area contributed by atoms with Crippen molar-refractivity contribution in [3.63, 3.8) is 0 Å².